The first-order valence-corrected chi connectivity index (χ1v) is 7.17. The van der Waals surface area contributed by atoms with Crippen molar-refractivity contribution in [2.45, 2.75) is 19.0 Å². The molecule has 6 nitrogen and oxygen atoms in total. The molecule has 1 amide bonds. The Morgan fingerprint density at radius 3 is 2.95 bits per heavy atom. The van der Waals surface area contributed by atoms with E-state index in [4.69, 9.17) is 4.52 Å². The average Bonchev–Trinajstić information content (AvgIpc) is 3.15. The Morgan fingerprint density at radius 1 is 1.29 bits per heavy atom. The van der Waals surface area contributed by atoms with Crippen LogP contribution in [-0.4, -0.2) is 40.1 Å². The molecule has 0 saturated carbocycles. The van der Waals surface area contributed by atoms with E-state index in [1.807, 2.05) is 30.3 Å². The monoisotopic (exact) mass is 284 g/mol. The Balaban J connectivity index is 1.43. The normalized spacial score (nSPS) is 25.0. The van der Waals surface area contributed by atoms with Crippen LogP contribution in [0.5, 0.6) is 0 Å². The van der Waals surface area contributed by atoms with Gasteiger partial charge in [-0.05, 0) is 12.1 Å². The molecule has 2 aliphatic heterocycles. The fraction of sp³-hybridized carbons (Fsp3) is 0.400. The lowest BCUT2D eigenvalue weighted by Gasteiger charge is -2.13. The van der Waals surface area contributed by atoms with Crippen LogP contribution >= 0.6 is 0 Å². The fourth-order valence-corrected chi connectivity index (χ4v) is 3.18. The summed E-state index contributed by atoms with van der Waals surface area (Å²) < 4.78 is 5.31. The Hall–Kier alpha value is -2.21. The minimum atomic E-state index is 0.176. The van der Waals surface area contributed by atoms with Crippen molar-refractivity contribution < 1.29 is 9.32 Å². The SMILES string of the molecule is O=C1C[C@H]2CN(Cc3noc(-c4ccccc4)n3)C[C@H]2N1. The Labute approximate surface area is 122 Å². The number of carbonyl (C=O) groups excluding carboxylic acids is 1. The average molecular weight is 284 g/mol. The van der Waals surface area contributed by atoms with E-state index < -0.39 is 0 Å². The minimum absolute atomic E-state index is 0.176. The van der Waals surface area contributed by atoms with E-state index in [1.54, 1.807) is 0 Å². The van der Waals surface area contributed by atoms with Gasteiger partial charge in [0, 0.05) is 37.0 Å². The fourth-order valence-electron chi connectivity index (χ4n) is 3.18. The van der Waals surface area contributed by atoms with Gasteiger partial charge in [0.1, 0.15) is 0 Å². The van der Waals surface area contributed by atoms with Crippen molar-refractivity contribution in [1.82, 2.24) is 20.4 Å². The number of amides is 1. The van der Waals surface area contributed by atoms with Gasteiger partial charge >= 0.3 is 0 Å². The minimum Gasteiger partial charge on any atom is -0.352 e. The van der Waals surface area contributed by atoms with Crippen molar-refractivity contribution in [2.24, 2.45) is 5.92 Å². The summed E-state index contributed by atoms with van der Waals surface area (Å²) in [4.78, 5) is 18.0. The van der Waals surface area contributed by atoms with Crippen molar-refractivity contribution in [2.75, 3.05) is 13.1 Å². The second kappa shape index (κ2) is 4.96. The molecule has 108 valence electrons. The van der Waals surface area contributed by atoms with Crippen LogP contribution < -0.4 is 5.32 Å². The molecule has 1 aromatic carbocycles. The number of nitrogens with zero attached hydrogens (tertiary/aromatic N) is 3. The van der Waals surface area contributed by atoms with Crippen LogP contribution in [0.3, 0.4) is 0 Å². The van der Waals surface area contributed by atoms with E-state index in [9.17, 15) is 4.79 Å². The molecule has 2 fully saturated rings. The van der Waals surface area contributed by atoms with Gasteiger partial charge in [-0.1, -0.05) is 23.4 Å². The number of fused-ring (bicyclic) bond motifs is 1. The van der Waals surface area contributed by atoms with E-state index in [0.717, 1.165) is 18.7 Å². The summed E-state index contributed by atoms with van der Waals surface area (Å²) >= 11 is 0. The topological polar surface area (TPSA) is 71.3 Å². The van der Waals surface area contributed by atoms with Crippen LogP contribution in [0.1, 0.15) is 12.2 Å². The highest BCUT2D eigenvalue weighted by atomic mass is 16.5. The molecule has 0 spiro atoms. The Kier molecular flexibility index (Phi) is 2.96. The zero-order valence-corrected chi connectivity index (χ0v) is 11.5. The van der Waals surface area contributed by atoms with E-state index >= 15 is 0 Å². The number of hydrogen-bond donors (Lipinski definition) is 1. The summed E-state index contributed by atoms with van der Waals surface area (Å²) in [5.74, 6) is 1.85. The molecule has 21 heavy (non-hydrogen) atoms. The molecule has 0 unspecified atom stereocenters. The van der Waals surface area contributed by atoms with Crippen molar-refractivity contribution in [3.05, 3.63) is 36.2 Å². The van der Waals surface area contributed by atoms with Gasteiger partial charge in [-0.2, -0.15) is 4.98 Å². The molecule has 3 heterocycles. The lowest BCUT2D eigenvalue weighted by molar-refractivity contribution is -0.119. The largest absolute Gasteiger partial charge is 0.352 e. The van der Waals surface area contributed by atoms with Crippen LogP contribution in [0, 0.1) is 5.92 Å². The summed E-state index contributed by atoms with van der Waals surface area (Å²) in [5.41, 5.74) is 0.932. The summed E-state index contributed by atoms with van der Waals surface area (Å²) in [6, 6.07) is 10.0. The number of hydrogen-bond acceptors (Lipinski definition) is 5. The Morgan fingerprint density at radius 2 is 2.14 bits per heavy atom. The molecule has 2 atom stereocenters. The lowest BCUT2D eigenvalue weighted by atomic mass is 10.1. The molecule has 2 saturated heterocycles. The van der Waals surface area contributed by atoms with Gasteiger partial charge in [-0.15, -0.1) is 0 Å². The molecule has 0 bridgehead atoms. The van der Waals surface area contributed by atoms with Gasteiger partial charge < -0.3 is 9.84 Å². The second-order valence-electron chi connectivity index (χ2n) is 5.71. The molecule has 2 aromatic rings. The zero-order chi connectivity index (χ0) is 14.2. The predicted octanol–water partition coefficient (Wildman–Crippen LogP) is 1.06. The lowest BCUT2D eigenvalue weighted by Crippen LogP contribution is -2.32. The second-order valence-corrected chi connectivity index (χ2v) is 5.71. The third-order valence-electron chi connectivity index (χ3n) is 4.16. The molecule has 0 aliphatic carbocycles. The Bertz CT molecular complexity index is 639. The highest BCUT2D eigenvalue weighted by molar-refractivity contribution is 5.79. The maximum absolute atomic E-state index is 11.3. The highest BCUT2D eigenvalue weighted by Crippen LogP contribution is 2.26. The van der Waals surface area contributed by atoms with Gasteiger partial charge in [-0.25, -0.2) is 0 Å². The van der Waals surface area contributed by atoms with Crippen molar-refractivity contribution in [1.29, 1.82) is 0 Å². The molecule has 4 rings (SSSR count). The molecule has 1 N–H and O–H groups in total. The number of rotatable bonds is 3. The quantitative estimate of drug-likeness (QED) is 0.912. The standard InChI is InChI=1S/C15H16N4O2/c20-14-6-11-7-19(8-12(11)16-14)9-13-17-15(21-18-13)10-4-2-1-3-5-10/h1-5,11-12H,6-9H2,(H,16,20)/t11-,12+/m0/s1. The zero-order valence-electron chi connectivity index (χ0n) is 11.5. The predicted molar refractivity (Wildman–Crippen MR) is 75.0 cm³/mol. The van der Waals surface area contributed by atoms with Gasteiger partial charge in [0.15, 0.2) is 5.82 Å². The first-order valence-electron chi connectivity index (χ1n) is 7.17. The van der Waals surface area contributed by atoms with Crippen LogP contribution in [0.15, 0.2) is 34.9 Å². The van der Waals surface area contributed by atoms with Gasteiger partial charge in [0.25, 0.3) is 5.89 Å². The number of nitrogens with one attached hydrogen (secondary N) is 1. The number of aromatic nitrogens is 2. The summed E-state index contributed by atoms with van der Waals surface area (Å²) in [6.07, 6.45) is 0.642. The van der Waals surface area contributed by atoms with E-state index in [-0.39, 0.29) is 11.9 Å². The highest BCUT2D eigenvalue weighted by Gasteiger charge is 2.40. The van der Waals surface area contributed by atoms with E-state index in [0.29, 0.717) is 30.6 Å². The molecular formula is C15H16N4O2. The van der Waals surface area contributed by atoms with E-state index in [2.05, 4.69) is 20.4 Å². The maximum atomic E-state index is 11.3. The van der Waals surface area contributed by atoms with Crippen molar-refractivity contribution in [3.63, 3.8) is 0 Å². The van der Waals surface area contributed by atoms with Crippen molar-refractivity contribution in [3.8, 4) is 11.5 Å². The van der Waals surface area contributed by atoms with E-state index in [1.165, 1.54) is 0 Å². The molecule has 1 aromatic heterocycles. The number of carbonyl (C=O) groups is 1. The van der Waals surface area contributed by atoms with Crippen LogP contribution in [0.25, 0.3) is 11.5 Å². The van der Waals surface area contributed by atoms with Crippen LogP contribution in [0.4, 0.5) is 0 Å². The van der Waals surface area contributed by atoms with Crippen LogP contribution in [-0.2, 0) is 11.3 Å². The molecule has 0 radical (unpaired) electrons. The van der Waals surface area contributed by atoms with Gasteiger partial charge in [0.05, 0.1) is 6.54 Å². The first-order chi connectivity index (χ1) is 10.3. The van der Waals surface area contributed by atoms with Crippen LogP contribution in [0.2, 0.25) is 0 Å². The number of benzene rings is 1. The maximum Gasteiger partial charge on any atom is 0.257 e. The summed E-state index contributed by atoms with van der Waals surface area (Å²) in [7, 11) is 0. The summed E-state index contributed by atoms with van der Waals surface area (Å²) in [5, 5.41) is 7.07. The smallest absolute Gasteiger partial charge is 0.257 e. The third-order valence-corrected chi connectivity index (χ3v) is 4.16. The van der Waals surface area contributed by atoms with Gasteiger partial charge in [0.2, 0.25) is 5.91 Å². The van der Waals surface area contributed by atoms with Crippen molar-refractivity contribution >= 4 is 5.91 Å². The number of likely N-dealkylation sites (tertiary alicyclic amines) is 1. The molecular weight excluding hydrogens is 268 g/mol. The molecule has 2 aliphatic rings. The van der Waals surface area contributed by atoms with Gasteiger partial charge in [-0.3, -0.25) is 9.69 Å². The third kappa shape index (κ3) is 2.42. The molecule has 6 heteroatoms. The summed E-state index contributed by atoms with van der Waals surface area (Å²) in [6.45, 7) is 2.45. The first kappa shape index (κ1) is 12.5.